The fraction of sp³-hybridized carbons (Fsp3) is 0.0714. The minimum Gasteiger partial charge on any atom is -0.384 e. The molecule has 21 heavy (non-hydrogen) atoms. The van der Waals surface area contributed by atoms with Crippen LogP contribution in [-0.4, -0.2) is 14.3 Å². The maximum atomic E-state index is 13.2. The van der Waals surface area contributed by atoms with Crippen molar-refractivity contribution in [1.29, 1.82) is 5.41 Å². The van der Waals surface area contributed by atoms with Crippen molar-refractivity contribution in [3.8, 4) is 0 Å². The molecule has 2 aromatic carbocycles. The van der Waals surface area contributed by atoms with Gasteiger partial charge in [0.1, 0.15) is 11.7 Å². The predicted octanol–water partition coefficient (Wildman–Crippen LogP) is 2.22. The van der Waals surface area contributed by atoms with E-state index < -0.39 is 21.7 Å². The van der Waals surface area contributed by atoms with Crippen LogP contribution in [0.15, 0.2) is 47.4 Å². The average Bonchev–Trinajstić information content (AvgIpc) is 2.41. The second-order valence-corrected chi connectivity index (χ2v) is 6.20. The number of hydrogen-bond donors (Lipinski definition) is 3. The molecule has 0 aromatic heterocycles. The number of sulfonamides is 1. The number of nitrogens with one attached hydrogen (secondary N) is 2. The molecule has 0 aliphatic rings. The van der Waals surface area contributed by atoms with Gasteiger partial charge in [0.25, 0.3) is 10.0 Å². The lowest BCUT2D eigenvalue weighted by Crippen LogP contribution is -2.19. The summed E-state index contributed by atoms with van der Waals surface area (Å²) in [6, 6.07) is 9.62. The standard InChI is InChI=1S/C14H14FN3O2S/c1-9-2-5-11(6-3-9)21(19,20)18-13-7-4-10(15)8-12(13)14(16)17/h2-8,18H,1H3,(H3,16,17). The van der Waals surface area contributed by atoms with Gasteiger partial charge >= 0.3 is 0 Å². The Hall–Kier alpha value is -2.41. The molecule has 0 bridgehead atoms. The summed E-state index contributed by atoms with van der Waals surface area (Å²) < 4.78 is 40.0. The molecule has 2 rings (SSSR count). The predicted molar refractivity (Wildman–Crippen MR) is 79.4 cm³/mol. The molecule has 0 saturated carbocycles. The van der Waals surface area contributed by atoms with Crippen LogP contribution in [0.5, 0.6) is 0 Å². The highest BCUT2D eigenvalue weighted by Crippen LogP contribution is 2.21. The first-order valence-electron chi connectivity index (χ1n) is 6.03. The van der Waals surface area contributed by atoms with Crippen molar-refractivity contribution in [2.45, 2.75) is 11.8 Å². The molecule has 4 N–H and O–H groups in total. The summed E-state index contributed by atoms with van der Waals surface area (Å²) >= 11 is 0. The van der Waals surface area contributed by atoms with Crippen molar-refractivity contribution in [2.24, 2.45) is 5.73 Å². The molecule has 7 heteroatoms. The van der Waals surface area contributed by atoms with Crippen molar-refractivity contribution >= 4 is 21.5 Å². The largest absolute Gasteiger partial charge is 0.384 e. The number of benzene rings is 2. The first-order chi connectivity index (χ1) is 9.79. The van der Waals surface area contributed by atoms with Gasteiger partial charge in [0.15, 0.2) is 0 Å². The summed E-state index contributed by atoms with van der Waals surface area (Å²) in [6.45, 7) is 1.84. The van der Waals surface area contributed by atoms with Gasteiger partial charge in [0.2, 0.25) is 0 Å². The van der Waals surface area contributed by atoms with Crippen LogP contribution in [0.3, 0.4) is 0 Å². The lowest BCUT2D eigenvalue weighted by atomic mass is 10.1. The third kappa shape index (κ3) is 3.38. The van der Waals surface area contributed by atoms with Gasteiger partial charge in [-0.05, 0) is 37.3 Å². The summed E-state index contributed by atoms with van der Waals surface area (Å²) in [7, 11) is -3.82. The molecule has 5 nitrogen and oxygen atoms in total. The maximum absolute atomic E-state index is 13.2. The second-order valence-electron chi connectivity index (χ2n) is 4.52. The van der Waals surface area contributed by atoms with Crippen LogP contribution in [0.1, 0.15) is 11.1 Å². The van der Waals surface area contributed by atoms with Crippen LogP contribution in [0.25, 0.3) is 0 Å². The first-order valence-corrected chi connectivity index (χ1v) is 7.51. The Kier molecular flexibility index (Phi) is 3.95. The molecule has 0 aliphatic heterocycles. The van der Waals surface area contributed by atoms with Crippen LogP contribution in [-0.2, 0) is 10.0 Å². The zero-order valence-corrected chi connectivity index (χ0v) is 12.0. The maximum Gasteiger partial charge on any atom is 0.261 e. The second kappa shape index (κ2) is 5.53. The van der Waals surface area contributed by atoms with Gasteiger partial charge in [-0.25, -0.2) is 12.8 Å². The molecule has 0 aliphatic carbocycles. The number of nitrogen functional groups attached to an aromatic ring is 1. The highest BCUT2D eigenvalue weighted by atomic mass is 32.2. The smallest absolute Gasteiger partial charge is 0.261 e. The molecular weight excluding hydrogens is 293 g/mol. The molecule has 0 unspecified atom stereocenters. The van der Waals surface area contributed by atoms with Gasteiger partial charge < -0.3 is 5.73 Å². The summed E-state index contributed by atoms with van der Waals surface area (Å²) in [5, 5.41) is 7.39. The molecule has 110 valence electrons. The third-order valence-corrected chi connectivity index (χ3v) is 4.23. The number of rotatable bonds is 4. The monoisotopic (exact) mass is 307 g/mol. The van der Waals surface area contributed by atoms with Gasteiger partial charge in [-0.2, -0.15) is 0 Å². The van der Waals surface area contributed by atoms with E-state index in [2.05, 4.69) is 4.72 Å². The van der Waals surface area contributed by atoms with E-state index in [0.29, 0.717) is 0 Å². The average molecular weight is 307 g/mol. The van der Waals surface area contributed by atoms with E-state index in [1.54, 1.807) is 12.1 Å². The Bertz CT molecular complexity index is 786. The fourth-order valence-corrected chi connectivity index (χ4v) is 2.83. The van der Waals surface area contributed by atoms with E-state index in [9.17, 15) is 12.8 Å². The fourth-order valence-electron chi connectivity index (χ4n) is 1.75. The normalized spacial score (nSPS) is 11.1. The van der Waals surface area contributed by atoms with E-state index in [4.69, 9.17) is 11.1 Å². The Morgan fingerprint density at radius 3 is 2.38 bits per heavy atom. The van der Waals surface area contributed by atoms with Gasteiger partial charge in [0, 0.05) is 5.56 Å². The van der Waals surface area contributed by atoms with Gasteiger partial charge in [-0.1, -0.05) is 17.7 Å². The quantitative estimate of drug-likeness (QED) is 0.597. The van der Waals surface area contributed by atoms with Crippen molar-refractivity contribution in [2.75, 3.05) is 4.72 Å². The van der Waals surface area contributed by atoms with Crippen molar-refractivity contribution < 1.29 is 12.8 Å². The SMILES string of the molecule is Cc1ccc(S(=O)(=O)Nc2ccc(F)cc2C(=N)N)cc1. The number of hydrogen-bond acceptors (Lipinski definition) is 3. The van der Waals surface area contributed by atoms with E-state index in [1.165, 1.54) is 18.2 Å². The zero-order valence-electron chi connectivity index (χ0n) is 11.2. The molecule has 2 aromatic rings. The van der Waals surface area contributed by atoms with Crippen LogP contribution in [0.4, 0.5) is 10.1 Å². The Balaban J connectivity index is 2.41. The van der Waals surface area contributed by atoms with Crippen molar-refractivity contribution in [3.63, 3.8) is 0 Å². The van der Waals surface area contributed by atoms with E-state index in [0.717, 1.165) is 17.7 Å². The molecule has 0 heterocycles. The highest BCUT2D eigenvalue weighted by Gasteiger charge is 2.17. The van der Waals surface area contributed by atoms with Gasteiger partial charge in [-0.15, -0.1) is 0 Å². The molecule has 0 saturated heterocycles. The third-order valence-electron chi connectivity index (χ3n) is 2.85. The Labute approximate surface area is 122 Å². The number of nitrogens with two attached hydrogens (primary N) is 1. The molecule has 0 spiro atoms. The van der Waals surface area contributed by atoms with Gasteiger partial charge in [-0.3, -0.25) is 10.1 Å². The number of aryl methyl sites for hydroxylation is 1. The lowest BCUT2D eigenvalue weighted by molar-refractivity contribution is 0.601. The summed E-state index contributed by atoms with van der Waals surface area (Å²) in [5.41, 5.74) is 6.32. The van der Waals surface area contributed by atoms with Crippen molar-refractivity contribution in [1.82, 2.24) is 0 Å². The number of amidine groups is 1. The minimum atomic E-state index is -3.82. The van der Waals surface area contributed by atoms with Crippen LogP contribution in [0.2, 0.25) is 0 Å². The lowest BCUT2D eigenvalue weighted by Gasteiger charge is -2.12. The molecular formula is C14H14FN3O2S. The molecule has 0 fully saturated rings. The number of anilines is 1. The van der Waals surface area contributed by atoms with Crippen LogP contribution >= 0.6 is 0 Å². The highest BCUT2D eigenvalue weighted by molar-refractivity contribution is 7.92. The minimum absolute atomic E-state index is 0.00862. The first kappa shape index (κ1) is 15.0. The Morgan fingerprint density at radius 2 is 1.81 bits per heavy atom. The molecule has 0 radical (unpaired) electrons. The van der Waals surface area contributed by atoms with Crippen molar-refractivity contribution in [3.05, 3.63) is 59.4 Å². The zero-order chi connectivity index (χ0) is 15.6. The van der Waals surface area contributed by atoms with Crippen LogP contribution < -0.4 is 10.5 Å². The van der Waals surface area contributed by atoms with Gasteiger partial charge in [0.05, 0.1) is 10.6 Å². The molecule has 0 amide bonds. The van der Waals surface area contributed by atoms with Crippen LogP contribution in [0, 0.1) is 18.2 Å². The Morgan fingerprint density at radius 1 is 1.19 bits per heavy atom. The topological polar surface area (TPSA) is 96.0 Å². The van der Waals surface area contributed by atoms with E-state index in [-0.39, 0.29) is 16.1 Å². The summed E-state index contributed by atoms with van der Waals surface area (Å²) in [5.74, 6) is -1.02. The number of halogens is 1. The van der Waals surface area contributed by atoms with E-state index >= 15 is 0 Å². The van der Waals surface area contributed by atoms with E-state index in [1.807, 2.05) is 6.92 Å². The summed E-state index contributed by atoms with van der Waals surface area (Å²) in [4.78, 5) is 0.0759. The molecule has 0 atom stereocenters. The summed E-state index contributed by atoms with van der Waals surface area (Å²) in [6.07, 6.45) is 0.